The molecule has 0 aromatic heterocycles. The van der Waals surface area contributed by atoms with Crippen molar-refractivity contribution < 1.29 is 5.11 Å². The van der Waals surface area contributed by atoms with Crippen LogP contribution in [0.5, 0.6) is 0 Å². The SMILES string of the molecule is CC(C)(C)[C@@H](O)[C@@H](N)c1ccc(Cl)c(Br)c1.Cl. The van der Waals surface area contributed by atoms with Gasteiger partial charge in [-0.05, 0) is 39.0 Å². The lowest BCUT2D eigenvalue weighted by Crippen LogP contribution is -2.36. The van der Waals surface area contributed by atoms with Crippen LogP contribution in [0.1, 0.15) is 32.4 Å². The molecule has 2 nitrogen and oxygen atoms in total. The van der Waals surface area contributed by atoms with E-state index in [0.29, 0.717) is 5.02 Å². The highest BCUT2D eigenvalue weighted by Gasteiger charge is 2.29. The van der Waals surface area contributed by atoms with Gasteiger partial charge in [0.15, 0.2) is 0 Å². The van der Waals surface area contributed by atoms with Gasteiger partial charge < -0.3 is 10.8 Å². The molecule has 0 radical (unpaired) electrons. The molecule has 1 aromatic carbocycles. The Morgan fingerprint density at radius 2 is 1.88 bits per heavy atom. The summed E-state index contributed by atoms with van der Waals surface area (Å²) in [6, 6.07) is 5.05. The molecule has 3 N–H and O–H groups in total. The summed E-state index contributed by atoms with van der Waals surface area (Å²) in [5.41, 5.74) is 6.66. The van der Waals surface area contributed by atoms with Crippen molar-refractivity contribution in [2.24, 2.45) is 11.1 Å². The number of aliphatic hydroxyl groups is 1. The fraction of sp³-hybridized carbons (Fsp3) is 0.500. The van der Waals surface area contributed by atoms with Gasteiger partial charge in [0.2, 0.25) is 0 Å². The molecule has 0 saturated heterocycles. The molecule has 17 heavy (non-hydrogen) atoms. The summed E-state index contributed by atoms with van der Waals surface area (Å²) < 4.78 is 0.795. The molecule has 0 fully saturated rings. The molecule has 1 aromatic rings. The highest BCUT2D eigenvalue weighted by Crippen LogP contribution is 2.31. The average molecular weight is 343 g/mol. The Hall–Kier alpha value is 0.200. The van der Waals surface area contributed by atoms with Gasteiger partial charge in [0.25, 0.3) is 0 Å². The molecule has 1 rings (SSSR count). The molecule has 0 unspecified atom stereocenters. The van der Waals surface area contributed by atoms with Crippen molar-refractivity contribution in [3.63, 3.8) is 0 Å². The Morgan fingerprint density at radius 3 is 2.29 bits per heavy atom. The van der Waals surface area contributed by atoms with Gasteiger partial charge in [0.1, 0.15) is 0 Å². The van der Waals surface area contributed by atoms with E-state index in [1.807, 2.05) is 32.9 Å². The van der Waals surface area contributed by atoms with Gasteiger partial charge in [-0.3, -0.25) is 0 Å². The van der Waals surface area contributed by atoms with Gasteiger partial charge in [0.05, 0.1) is 17.2 Å². The van der Waals surface area contributed by atoms with Crippen molar-refractivity contribution in [3.8, 4) is 0 Å². The van der Waals surface area contributed by atoms with Crippen LogP contribution in [0.15, 0.2) is 22.7 Å². The number of hydrogen-bond donors (Lipinski definition) is 2. The zero-order valence-electron chi connectivity index (χ0n) is 10.1. The summed E-state index contributed by atoms with van der Waals surface area (Å²) in [5.74, 6) is 0. The second-order valence-electron chi connectivity index (χ2n) is 5.01. The van der Waals surface area contributed by atoms with Crippen LogP contribution in [-0.2, 0) is 0 Å². The van der Waals surface area contributed by atoms with Crippen LogP contribution >= 0.6 is 39.9 Å². The minimum absolute atomic E-state index is 0. The van der Waals surface area contributed by atoms with Gasteiger partial charge in [-0.2, -0.15) is 0 Å². The Bertz CT molecular complexity index is 379. The predicted octanol–water partition coefficient (Wildman–Crippen LogP) is 3.93. The largest absolute Gasteiger partial charge is 0.391 e. The lowest BCUT2D eigenvalue weighted by Gasteiger charge is -2.31. The van der Waals surface area contributed by atoms with Crippen LogP contribution in [-0.4, -0.2) is 11.2 Å². The van der Waals surface area contributed by atoms with Crippen LogP contribution in [0.3, 0.4) is 0 Å². The Labute approximate surface area is 122 Å². The van der Waals surface area contributed by atoms with E-state index >= 15 is 0 Å². The molecule has 2 atom stereocenters. The highest BCUT2D eigenvalue weighted by atomic mass is 79.9. The van der Waals surface area contributed by atoms with Gasteiger partial charge in [-0.25, -0.2) is 0 Å². The zero-order chi connectivity index (χ0) is 12.5. The van der Waals surface area contributed by atoms with Gasteiger partial charge in [-0.1, -0.05) is 38.4 Å². The van der Waals surface area contributed by atoms with Gasteiger partial charge >= 0.3 is 0 Å². The van der Waals surface area contributed by atoms with E-state index in [1.54, 1.807) is 6.07 Å². The zero-order valence-corrected chi connectivity index (χ0v) is 13.2. The molecule has 0 bridgehead atoms. The van der Waals surface area contributed by atoms with E-state index in [9.17, 15) is 5.11 Å². The van der Waals surface area contributed by atoms with Crippen LogP contribution in [0.4, 0.5) is 0 Å². The molecule has 0 saturated carbocycles. The number of rotatable bonds is 2. The van der Waals surface area contributed by atoms with Crippen molar-refractivity contribution in [2.75, 3.05) is 0 Å². The molecule has 0 heterocycles. The number of hydrogen-bond acceptors (Lipinski definition) is 2. The van der Waals surface area contributed by atoms with Crippen LogP contribution in [0, 0.1) is 5.41 Å². The first-order valence-electron chi connectivity index (χ1n) is 5.12. The Kier molecular flexibility index (Phi) is 6.47. The second kappa shape index (κ2) is 6.39. The van der Waals surface area contributed by atoms with Crippen LogP contribution in [0.2, 0.25) is 5.02 Å². The topological polar surface area (TPSA) is 46.2 Å². The number of nitrogens with two attached hydrogens (primary N) is 1. The second-order valence-corrected chi connectivity index (χ2v) is 6.27. The molecule has 0 aliphatic heterocycles. The Morgan fingerprint density at radius 1 is 1.35 bits per heavy atom. The van der Waals surface area contributed by atoms with E-state index in [0.717, 1.165) is 10.0 Å². The number of benzene rings is 1. The van der Waals surface area contributed by atoms with Crippen molar-refractivity contribution >= 4 is 39.9 Å². The summed E-state index contributed by atoms with van der Waals surface area (Å²) in [4.78, 5) is 0. The molecule has 98 valence electrons. The summed E-state index contributed by atoms with van der Waals surface area (Å²) in [6.07, 6.45) is -0.597. The molecule has 0 aliphatic rings. The van der Waals surface area contributed by atoms with Crippen molar-refractivity contribution in [2.45, 2.75) is 32.9 Å². The van der Waals surface area contributed by atoms with E-state index in [-0.39, 0.29) is 17.8 Å². The van der Waals surface area contributed by atoms with E-state index in [2.05, 4.69) is 15.9 Å². The van der Waals surface area contributed by atoms with Crippen LogP contribution in [0.25, 0.3) is 0 Å². The summed E-state index contributed by atoms with van der Waals surface area (Å²) in [5, 5.41) is 10.7. The van der Waals surface area contributed by atoms with E-state index < -0.39 is 12.1 Å². The fourth-order valence-corrected chi connectivity index (χ4v) is 1.95. The first kappa shape index (κ1) is 17.2. The quantitative estimate of drug-likeness (QED) is 0.855. The molecular weight excluding hydrogens is 325 g/mol. The minimum Gasteiger partial charge on any atom is -0.391 e. The van der Waals surface area contributed by atoms with Crippen molar-refractivity contribution in [3.05, 3.63) is 33.3 Å². The molecule has 0 spiro atoms. The van der Waals surface area contributed by atoms with Gasteiger partial charge in [0, 0.05) is 4.47 Å². The minimum atomic E-state index is -0.597. The summed E-state index contributed by atoms with van der Waals surface area (Å²) in [6.45, 7) is 5.88. The maximum atomic E-state index is 10.1. The maximum Gasteiger partial charge on any atom is 0.0780 e. The van der Waals surface area contributed by atoms with Crippen molar-refractivity contribution in [1.82, 2.24) is 0 Å². The average Bonchev–Trinajstić information content (AvgIpc) is 2.18. The van der Waals surface area contributed by atoms with Crippen molar-refractivity contribution in [1.29, 1.82) is 0 Å². The van der Waals surface area contributed by atoms with Crippen LogP contribution < -0.4 is 5.73 Å². The lowest BCUT2D eigenvalue weighted by atomic mass is 9.82. The number of aliphatic hydroxyl groups excluding tert-OH is 1. The summed E-state index contributed by atoms with van der Waals surface area (Å²) in [7, 11) is 0. The third-order valence-electron chi connectivity index (χ3n) is 2.56. The molecule has 5 heteroatoms. The standard InChI is InChI=1S/C12H17BrClNO.ClH/c1-12(2,3)11(16)10(15)7-4-5-9(14)8(13)6-7;/h4-6,10-11,16H,15H2,1-3H3;1H/t10-,11-;/m0./s1. The molecular formula is C12H18BrCl2NO. The molecule has 0 amide bonds. The summed E-state index contributed by atoms with van der Waals surface area (Å²) >= 11 is 9.25. The Balaban J connectivity index is 0.00000256. The first-order chi connectivity index (χ1) is 7.23. The normalized spacial score (nSPS) is 15.0. The third-order valence-corrected chi connectivity index (χ3v) is 3.77. The predicted molar refractivity (Wildman–Crippen MR) is 78.8 cm³/mol. The van der Waals surface area contributed by atoms with Gasteiger partial charge in [-0.15, -0.1) is 12.4 Å². The monoisotopic (exact) mass is 341 g/mol. The first-order valence-corrected chi connectivity index (χ1v) is 6.29. The lowest BCUT2D eigenvalue weighted by molar-refractivity contribution is 0.0401. The highest BCUT2D eigenvalue weighted by molar-refractivity contribution is 9.10. The number of halogens is 3. The third kappa shape index (κ3) is 4.42. The van der Waals surface area contributed by atoms with E-state index in [1.165, 1.54) is 0 Å². The molecule has 0 aliphatic carbocycles. The maximum absolute atomic E-state index is 10.1. The van der Waals surface area contributed by atoms with E-state index in [4.69, 9.17) is 17.3 Å². The smallest absolute Gasteiger partial charge is 0.0780 e. The fourth-order valence-electron chi connectivity index (χ4n) is 1.44.